The van der Waals surface area contributed by atoms with Crippen LogP contribution in [-0.4, -0.2) is 116 Å². The van der Waals surface area contributed by atoms with Crippen molar-refractivity contribution in [3.8, 4) is 5.75 Å². The maximum atomic E-state index is 13.9. The number of ether oxygens (including phenoxy) is 3. The smallest absolute Gasteiger partial charge is 0.243 e. The van der Waals surface area contributed by atoms with E-state index in [4.69, 9.17) is 14.2 Å². The van der Waals surface area contributed by atoms with Gasteiger partial charge in [-0.2, -0.15) is 0 Å². The standard InChI is InChI=1S/C33H48N4O8/c1-22(39)29(34-19-25(20-38)37-13-15-44-16-14-37)32(42)36-28(18-24-9-11-26(43-3)12-10-24)31(41)35-27(30(40)33(2)21-45-33)17-23-7-5-4-6-8-23/h7,9-12,20,22,25,27-29,34,39H,4-6,8,13-19,21H2,1-3H3,(H,35,41)(H,36,42)/t22-,25?,27-,28-,29-,33+/m0/s1. The fourth-order valence-electron chi connectivity index (χ4n) is 5.82. The lowest BCUT2D eigenvalue weighted by Gasteiger charge is -2.33. The first-order valence-electron chi connectivity index (χ1n) is 15.9. The minimum absolute atomic E-state index is 0.131. The van der Waals surface area contributed by atoms with Crippen LogP contribution in [0.5, 0.6) is 5.75 Å². The van der Waals surface area contributed by atoms with E-state index in [1.807, 2.05) is 4.90 Å². The van der Waals surface area contributed by atoms with Crippen molar-refractivity contribution in [1.82, 2.24) is 20.9 Å². The van der Waals surface area contributed by atoms with Crippen LogP contribution >= 0.6 is 0 Å². The Labute approximate surface area is 265 Å². The number of amides is 2. The highest BCUT2D eigenvalue weighted by Crippen LogP contribution is 2.31. The summed E-state index contributed by atoms with van der Waals surface area (Å²) in [6.45, 7) is 5.83. The van der Waals surface area contributed by atoms with Crippen molar-refractivity contribution in [2.24, 2.45) is 0 Å². The molecule has 1 aliphatic carbocycles. The van der Waals surface area contributed by atoms with Gasteiger partial charge in [0.15, 0.2) is 5.78 Å². The van der Waals surface area contributed by atoms with E-state index in [-0.39, 0.29) is 18.7 Å². The third-order valence-electron chi connectivity index (χ3n) is 8.80. The third kappa shape index (κ3) is 9.91. The minimum atomic E-state index is -1.12. The number of morpholine rings is 1. The van der Waals surface area contributed by atoms with Crippen LogP contribution in [0.3, 0.4) is 0 Å². The van der Waals surface area contributed by atoms with Crippen molar-refractivity contribution >= 4 is 23.9 Å². The number of aldehydes is 1. The number of aliphatic hydroxyl groups is 1. The van der Waals surface area contributed by atoms with Gasteiger partial charge < -0.3 is 40.1 Å². The summed E-state index contributed by atoms with van der Waals surface area (Å²) < 4.78 is 16.1. The van der Waals surface area contributed by atoms with Crippen molar-refractivity contribution in [3.63, 3.8) is 0 Å². The molecule has 2 heterocycles. The molecule has 0 bridgehead atoms. The van der Waals surface area contributed by atoms with Gasteiger partial charge in [0, 0.05) is 26.1 Å². The monoisotopic (exact) mass is 628 g/mol. The molecule has 1 aromatic rings. The molecule has 2 fully saturated rings. The maximum Gasteiger partial charge on any atom is 0.243 e. The van der Waals surface area contributed by atoms with E-state index in [0.29, 0.717) is 45.1 Å². The van der Waals surface area contributed by atoms with Gasteiger partial charge in [-0.1, -0.05) is 23.8 Å². The van der Waals surface area contributed by atoms with Gasteiger partial charge in [0.05, 0.1) is 45.1 Å². The fraction of sp³-hybridized carbons (Fsp3) is 0.636. The molecule has 0 spiro atoms. The van der Waals surface area contributed by atoms with Crippen molar-refractivity contribution in [3.05, 3.63) is 41.5 Å². The Morgan fingerprint density at radius 2 is 1.76 bits per heavy atom. The number of nitrogens with one attached hydrogen (secondary N) is 3. The number of carbonyl (C=O) groups is 4. The normalized spacial score (nSPS) is 23.4. The van der Waals surface area contributed by atoms with Gasteiger partial charge in [0.1, 0.15) is 29.7 Å². The Morgan fingerprint density at radius 1 is 1.07 bits per heavy atom. The second-order valence-electron chi connectivity index (χ2n) is 12.3. The number of nitrogens with zero attached hydrogens (tertiary/aromatic N) is 1. The van der Waals surface area contributed by atoms with Gasteiger partial charge in [-0.05, 0) is 63.6 Å². The molecule has 248 valence electrons. The molecule has 0 saturated carbocycles. The Balaban J connectivity index is 1.50. The number of rotatable bonds is 17. The topological polar surface area (TPSA) is 159 Å². The average Bonchev–Trinajstić information content (AvgIpc) is 3.81. The lowest BCUT2D eigenvalue weighted by molar-refractivity contribution is -0.134. The summed E-state index contributed by atoms with van der Waals surface area (Å²) in [5.74, 6) is -0.651. The predicted octanol–water partition coefficient (Wildman–Crippen LogP) is 0.695. The first-order chi connectivity index (χ1) is 21.6. The fourth-order valence-corrected chi connectivity index (χ4v) is 5.82. The van der Waals surface area contributed by atoms with Crippen LogP contribution in [0.1, 0.15) is 51.5 Å². The van der Waals surface area contributed by atoms with Gasteiger partial charge in [0.2, 0.25) is 11.8 Å². The van der Waals surface area contributed by atoms with E-state index < -0.39 is 47.7 Å². The van der Waals surface area contributed by atoms with E-state index >= 15 is 0 Å². The van der Waals surface area contributed by atoms with Crippen LogP contribution in [0.4, 0.5) is 0 Å². The zero-order valence-electron chi connectivity index (χ0n) is 26.6. The maximum absolute atomic E-state index is 13.9. The first kappa shape index (κ1) is 34.7. The molecule has 6 atom stereocenters. The minimum Gasteiger partial charge on any atom is -0.497 e. The number of allylic oxidation sites excluding steroid dienone is 1. The zero-order chi connectivity index (χ0) is 32.4. The number of hydrogen-bond acceptors (Lipinski definition) is 10. The van der Waals surface area contributed by atoms with Gasteiger partial charge in [-0.25, -0.2) is 0 Å². The van der Waals surface area contributed by atoms with E-state index in [1.165, 1.54) is 6.92 Å². The summed E-state index contributed by atoms with van der Waals surface area (Å²) in [4.78, 5) is 54.8. The molecule has 0 radical (unpaired) electrons. The third-order valence-corrected chi connectivity index (χ3v) is 8.80. The highest BCUT2D eigenvalue weighted by Gasteiger charge is 2.50. The van der Waals surface area contributed by atoms with Crippen molar-refractivity contribution in [2.45, 2.75) is 88.2 Å². The molecule has 1 unspecified atom stereocenters. The Morgan fingerprint density at radius 3 is 2.33 bits per heavy atom. The molecule has 0 aromatic heterocycles. The number of benzene rings is 1. The molecule has 2 saturated heterocycles. The second kappa shape index (κ2) is 16.4. The Kier molecular flexibility index (Phi) is 12.7. The van der Waals surface area contributed by atoms with Gasteiger partial charge in [0.25, 0.3) is 0 Å². The molecule has 2 aliphatic heterocycles. The predicted molar refractivity (Wildman–Crippen MR) is 167 cm³/mol. The number of Topliss-reactive ketones (excluding diaryl/α,β-unsaturated/α-hetero) is 1. The zero-order valence-corrected chi connectivity index (χ0v) is 26.6. The molecule has 4 rings (SSSR count). The van der Waals surface area contributed by atoms with Gasteiger partial charge in [-0.15, -0.1) is 0 Å². The molecular formula is C33H48N4O8. The van der Waals surface area contributed by atoms with Crippen LogP contribution in [0.25, 0.3) is 0 Å². The first-order valence-corrected chi connectivity index (χ1v) is 15.9. The van der Waals surface area contributed by atoms with Crippen LogP contribution in [0, 0.1) is 0 Å². The Bertz CT molecular complexity index is 1190. The molecule has 12 heteroatoms. The largest absolute Gasteiger partial charge is 0.497 e. The van der Waals surface area contributed by atoms with Gasteiger partial charge >= 0.3 is 0 Å². The number of aliphatic hydroxyl groups excluding tert-OH is 1. The summed E-state index contributed by atoms with van der Waals surface area (Å²) in [7, 11) is 1.56. The molecule has 2 amide bonds. The molecular weight excluding hydrogens is 580 g/mol. The summed E-state index contributed by atoms with van der Waals surface area (Å²) in [6.07, 6.45) is 6.32. The van der Waals surface area contributed by atoms with Crippen LogP contribution in [0.15, 0.2) is 35.9 Å². The van der Waals surface area contributed by atoms with Gasteiger partial charge in [-0.3, -0.25) is 19.3 Å². The number of methoxy groups -OCH3 is 1. The lowest BCUT2D eigenvalue weighted by atomic mass is 9.89. The number of ketones is 1. The van der Waals surface area contributed by atoms with Crippen molar-refractivity contribution in [1.29, 1.82) is 0 Å². The van der Waals surface area contributed by atoms with Crippen LogP contribution in [0.2, 0.25) is 0 Å². The van der Waals surface area contributed by atoms with Crippen LogP contribution in [-0.2, 0) is 35.1 Å². The van der Waals surface area contributed by atoms with Crippen molar-refractivity contribution < 1.29 is 38.5 Å². The SMILES string of the molecule is COc1ccc(C[C@H](NC(=O)[C@@H](NCC(C=O)N2CCOCC2)[C@H](C)O)C(=O)N[C@@H](CC2=CCCCC2)C(=O)[C@@]2(C)CO2)cc1. The summed E-state index contributed by atoms with van der Waals surface area (Å²) in [5, 5.41) is 19.3. The molecule has 45 heavy (non-hydrogen) atoms. The highest BCUT2D eigenvalue weighted by molar-refractivity contribution is 5.98. The second-order valence-corrected chi connectivity index (χ2v) is 12.3. The molecule has 4 N–H and O–H groups in total. The number of hydrogen-bond donors (Lipinski definition) is 4. The van der Waals surface area contributed by atoms with E-state index in [0.717, 1.165) is 43.1 Å². The van der Waals surface area contributed by atoms with Crippen molar-refractivity contribution in [2.75, 3.05) is 46.6 Å². The van der Waals surface area contributed by atoms with E-state index in [9.17, 15) is 24.3 Å². The summed E-state index contributed by atoms with van der Waals surface area (Å²) in [5.41, 5.74) is 0.962. The molecule has 3 aliphatic rings. The highest BCUT2D eigenvalue weighted by atomic mass is 16.6. The van der Waals surface area contributed by atoms with Crippen LogP contribution < -0.4 is 20.7 Å². The quantitative estimate of drug-likeness (QED) is 0.110. The molecule has 1 aromatic carbocycles. The number of carbonyl (C=O) groups excluding carboxylic acids is 4. The Hall–Kier alpha value is -3.16. The van der Waals surface area contributed by atoms with E-state index in [1.54, 1.807) is 38.3 Å². The summed E-state index contributed by atoms with van der Waals surface area (Å²) >= 11 is 0. The summed E-state index contributed by atoms with van der Waals surface area (Å²) in [6, 6.07) is 3.69. The lowest BCUT2D eigenvalue weighted by Crippen LogP contribution is -2.60. The van der Waals surface area contributed by atoms with E-state index in [2.05, 4.69) is 22.0 Å². The number of epoxide rings is 1. The average molecular weight is 629 g/mol. The molecule has 12 nitrogen and oxygen atoms in total.